The number of rotatable bonds is 5. The molecule has 0 spiro atoms. The molecule has 0 atom stereocenters. The minimum Gasteiger partial charge on any atom is -0.478 e. The van der Waals surface area contributed by atoms with Gasteiger partial charge in [0.1, 0.15) is 9.90 Å². The van der Waals surface area contributed by atoms with Crippen LogP contribution in [0, 0.1) is 0 Å². The second-order valence-corrected chi connectivity index (χ2v) is 7.54. The first-order valence-electron chi connectivity index (χ1n) is 5.70. The largest absolute Gasteiger partial charge is 0.478 e. The minimum atomic E-state index is -3.90. The highest BCUT2D eigenvalue weighted by Crippen LogP contribution is 2.26. The number of hydrogen-bond acceptors (Lipinski definition) is 5. The molecule has 0 aliphatic rings. The molecule has 2 aromatic rings. The lowest BCUT2D eigenvalue weighted by molar-refractivity contribution is 0.0696. The van der Waals surface area contributed by atoms with Crippen LogP contribution in [0.2, 0.25) is 5.02 Å². The maximum Gasteiger partial charge on any atom is 0.335 e. The first-order valence-corrected chi connectivity index (χ1v) is 8.39. The summed E-state index contributed by atoms with van der Waals surface area (Å²) >= 11 is 7.23. The second-order valence-electron chi connectivity index (χ2n) is 4.14. The molecule has 6 nitrogen and oxygen atoms in total. The number of aromatic carboxylic acids is 1. The van der Waals surface area contributed by atoms with Crippen LogP contribution < -0.4 is 0 Å². The quantitative estimate of drug-likeness (QED) is 0.897. The zero-order chi connectivity index (χ0) is 15.6. The zero-order valence-corrected chi connectivity index (χ0v) is 13.2. The van der Waals surface area contributed by atoms with Gasteiger partial charge in [-0.2, -0.15) is 4.31 Å². The number of carboxylic acids is 1. The summed E-state index contributed by atoms with van der Waals surface area (Å²) in [6.45, 7) is 0.0909. The van der Waals surface area contributed by atoms with E-state index < -0.39 is 16.0 Å². The van der Waals surface area contributed by atoms with Gasteiger partial charge in [-0.25, -0.2) is 18.2 Å². The molecule has 0 saturated heterocycles. The number of carboxylic acid groups (broad SMARTS) is 1. The molecule has 1 heterocycles. The molecule has 1 aromatic carbocycles. The van der Waals surface area contributed by atoms with Crippen molar-refractivity contribution in [1.29, 1.82) is 0 Å². The van der Waals surface area contributed by atoms with Crippen molar-refractivity contribution in [2.24, 2.45) is 0 Å². The monoisotopic (exact) mass is 346 g/mol. The van der Waals surface area contributed by atoms with E-state index >= 15 is 0 Å². The summed E-state index contributed by atoms with van der Waals surface area (Å²) in [5.41, 5.74) is -0.138. The number of sulfonamides is 1. The maximum absolute atomic E-state index is 12.5. The Balaban J connectivity index is 2.38. The molecule has 0 aliphatic heterocycles. The molecule has 1 N–H and O–H groups in total. The normalized spacial score (nSPS) is 11.8. The predicted octanol–water partition coefficient (Wildman–Crippen LogP) is 2.32. The van der Waals surface area contributed by atoms with Crippen molar-refractivity contribution < 1.29 is 18.3 Å². The van der Waals surface area contributed by atoms with E-state index in [-0.39, 0.29) is 22.0 Å². The highest BCUT2D eigenvalue weighted by molar-refractivity contribution is 7.89. The van der Waals surface area contributed by atoms with Crippen molar-refractivity contribution in [3.63, 3.8) is 0 Å². The van der Waals surface area contributed by atoms with E-state index in [1.807, 2.05) is 0 Å². The number of halogens is 1. The van der Waals surface area contributed by atoms with Gasteiger partial charge in [0.15, 0.2) is 0 Å². The van der Waals surface area contributed by atoms with Gasteiger partial charge in [-0.05, 0) is 18.2 Å². The number of thiazole rings is 1. The Labute approximate surface area is 130 Å². The average molecular weight is 347 g/mol. The lowest BCUT2D eigenvalue weighted by Gasteiger charge is -2.17. The molecule has 0 unspecified atom stereocenters. The fourth-order valence-corrected chi connectivity index (χ4v) is 3.99. The second kappa shape index (κ2) is 6.10. The maximum atomic E-state index is 12.5. The van der Waals surface area contributed by atoms with Gasteiger partial charge < -0.3 is 5.11 Å². The third kappa shape index (κ3) is 3.41. The van der Waals surface area contributed by atoms with Crippen LogP contribution >= 0.6 is 22.9 Å². The molecule has 9 heteroatoms. The van der Waals surface area contributed by atoms with Crippen LogP contribution in [0.3, 0.4) is 0 Å². The third-order valence-corrected chi connectivity index (χ3v) is 5.76. The topological polar surface area (TPSA) is 87.6 Å². The molecule has 0 bridgehead atoms. The van der Waals surface area contributed by atoms with Crippen molar-refractivity contribution in [3.8, 4) is 0 Å². The van der Waals surface area contributed by atoms with Crippen LogP contribution in [0.25, 0.3) is 0 Å². The minimum absolute atomic E-state index is 0.0222. The average Bonchev–Trinajstić information content (AvgIpc) is 2.91. The van der Waals surface area contributed by atoms with Gasteiger partial charge in [0.2, 0.25) is 10.0 Å². The van der Waals surface area contributed by atoms with Crippen molar-refractivity contribution in [3.05, 3.63) is 45.4 Å². The van der Waals surface area contributed by atoms with Gasteiger partial charge in [-0.3, -0.25) is 0 Å². The Hall–Kier alpha value is -1.48. The van der Waals surface area contributed by atoms with E-state index in [0.29, 0.717) is 5.01 Å². The summed E-state index contributed by atoms with van der Waals surface area (Å²) in [6, 6.07) is 3.57. The van der Waals surface area contributed by atoms with Gasteiger partial charge >= 0.3 is 5.97 Å². The summed E-state index contributed by atoms with van der Waals surface area (Å²) < 4.78 is 26.0. The lowest BCUT2D eigenvalue weighted by atomic mass is 10.2. The summed E-state index contributed by atoms with van der Waals surface area (Å²) in [7, 11) is -2.51. The number of carbonyl (C=O) groups is 1. The molecule has 0 fully saturated rings. The summed E-state index contributed by atoms with van der Waals surface area (Å²) in [4.78, 5) is 14.7. The third-order valence-electron chi connectivity index (χ3n) is 2.71. The first-order chi connectivity index (χ1) is 9.82. The van der Waals surface area contributed by atoms with Crippen LogP contribution in [-0.2, 0) is 16.6 Å². The first kappa shape index (κ1) is 15.9. The Kier molecular flexibility index (Phi) is 4.62. The Morgan fingerprint density at radius 2 is 2.19 bits per heavy atom. The summed E-state index contributed by atoms with van der Waals surface area (Å²) in [5.74, 6) is -1.22. The number of benzene rings is 1. The highest BCUT2D eigenvalue weighted by atomic mass is 35.5. The van der Waals surface area contributed by atoms with E-state index in [0.717, 1.165) is 10.4 Å². The molecule has 21 heavy (non-hydrogen) atoms. The van der Waals surface area contributed by atoms with E-state index in [2.05, 4.69) is 4.98 Å². The van der Waals surface area contributed by atoms with Crippen LogP contribution in [0.1, 0.15) is 15.4 Å². The number of aromatic nitrogens is 1. The van der Waals surface area contributed by atoms with Crippen molar-refractivity contribution in [2.75, 3.05) is 7.05 Å². The molecule has 0 radical (unpaired) electrons. The lowest BCUT2D eigenvalue weighted by Crippen LogP contribution is -2.27. The fourth-order valence-electron chi connectivity index (χ4n) is 1.61. The molecule has 112 valence electrons. The Bertz CT molecular complexity index is 760. The summed E-state index contributed by atoms with van der Waals surface area (Å²) in [5, 5.41) is 11.3. The van der Waals surface area contributed by atoms with E-state index in [4.69, 9.17) is 16.7 Å². The fraction of sp³-hybridized carbons (Fsp3) is 0.167. The molecular formula is C12H11ClN2O4S2. The van der Waals surface area contributed by atoms with Gasteiger partial charge in [0, 0.05) is 18.6 Å². The zero-order valence-electron chi connectivity index (χ0n) is 10.9. The summed E-state index contributed by atoms with van der Waals surface area (Å²) in [6.07, 6.45) is 1.58. The van der Waals surface area contributed by atoms with Crippen molar-refractivity contribution in [1.82, 2.24) is 9.29 Å². The molecule has 0 amide bonds. The number of hydrogen-bond donors (Lipinski definition) is 1. The molecule has 0 saturated carbocycles. The molecular weight excluding hydrogens is 336 g/mol. The molecule has 1 aromatic heterocycles. The van der Waals surface area contributed by atoms with Crippen molar-refractivity contribution >= 4 is 38.9 Å². The van der Waals surface area contributed by atoms with Crippen LogP contribution in [0.4, 0.5) is 0 Å². The van der Waals surface area contributed by atoms with Crippen LogP contribution in [0.15, 0.2) is 34.7 Å². The van der Waals surface area contributed by atoms with E-state index in [9.17, 15) is 13.2 Å². The van der Waals surface area contributed by atoms with Crippen LogP contribution in [-0.4, -0.2) is 35.8 Å². The number of nitrogens with zero attached hydrogens (tertiary/aromatic N) is 2. The molecule has 2 rings (SSSR count). The standard InChI is InChI=1S/C12H11ClN2O4S2/c1-15(7-11-14-4-5-20-11)21(18,19)10-6-8(12(16)17)2-3-9(10)13/h2-6H,7H2,1H3,(H,16,17). The van der Waals surface area contributed by atoms with Gasteiger partial charge in [-0.1, -0.05) is 11.6 Å². The van der Waals surface area contributed by atoms with Gasteiger partial charge in [0.25, 0.3) is 0 Å². The van der Waals surface area contributed by atoms with E-state index in [1.54, 1.807) is 11.6 Å². The van der Waals surface area contributed by atoms with Gasteiger partial charge in [0.05, 0.1) is 17.1 Å². The highest BCUT2D eigenvalue weighted by Gasteiger charge is 2.25. The van der Waals surface area contributed by atoms with Gasteiger partial charge in [-0.15, -0.1) is 11.3 Å². The SMILES string of the molecule is CN(Cc1nccs1)S(=O)(=O)c1cc(C(=O)O)ccc1Cl. The molecule has 0 aliphatic carbocycles. The van der Waals surface area contributed by atoms with E-state index in [1.165, 1.54) is 30.5 Å². The van der Waals surface area contributed by atoms with Crippen molar-refractivity contribution in [2.45, 2.75) is 11.4 Å². The Morgan fingerprint density at radius 3 is 2.76 bits per heavy atom. The Morgan fingerprint density at radius 1 is 1.48 bits per heavy atom. The smallest absolute Gasteiger partial charge is 0.335 e. The predicted molar refractivity (Wildman–Crippen MR) is 79.2 cm³/mol. The van der Waals surface area contributed by atoms with Crippen LogP contribution in [0.5, 0.6) is 0 Å².